The van der Waals surface area contributed by atoms with Crippen LogP contribution in [0.15, 0.2) is 158 Å². The quantitative estimate of drug-likeness (QED) is 0.0261. The number of carbonyl (C=O) groups excluding carboxylic acids is 3. The number of esters is 3. The molecular weight excluding hydrogens is 1020 g/mol. The van der Waals surface area contributed by atoms with Gasteiger partial charge in [0.2, 0.25) is 0 Å². The third-order valence-electron chi connectivity index (χ3n) is 14.0. The predicted octanol–water partition coefficient (Wildman–Crippen LogP) is 23.7. The van der Waals surface area contributed by atoms with Gasteiger partial charge in [-0.3, -0.25) is 14.4 Å². The molecule has 0 aromatic rings. The fourth-order valence-corrected chi connectivity index (χ4v) is 9.02. The van der Waals surface area contributed by atoms with Crippen LogP contribution in [-0.2, 0) is 28.6 Å². The number of hydrogen-bond donors (Lipinski definition) is 0. The van der Waals surface area contributed by atoms with E-state index in [-0.39, 0.29) is 37.5 Å². The molecule has 0 amide bonds. The lowest BCUT2D eigenvalue weighted by Gasteiger charge is -2.18. The van der Waals surface area contributed by atoms with Gasteiger partial charge in [0.15, 0.2) is 6.10 Å². The van der Waals surface area contributed by atoms with Crippen molar-refractivity contribution in [2.45, 2.75) is 297 Å². The van der Waals surface area contributed by atoms with Gasteiger partial charge in [0, 0.05) is 19.3 Å². The predicted molar refractivity (Wildman–Crippen MR) is 362 cm³/mol. The fraction of sp³-hybridized carbons (Fsp3) is 0.623. The molecule has 0 radical (unpaired) electrons. The summed E-state index contributed by atoms with van der Waals surface area (Å²) in [7, 11) is 0. The first-order chi connectivity index (χ1) is 41.0. The second-order valence-electron chi connectivity index (χ2n) is 22.0. The molecule has 0 heterocycles. The number of unbranched alkanes of at least 4 members (excludes halogenated alkanes) is 23. The van der Waals surface area contributed by atoms with Crippen molar-refractivity contribution in [3.63, 3.8) is 0 Å². The minimum Gasteiger partial charge on any atom is -0.462 e. The summed E-state index contributed by atoms with van der Waals surface area (Å²) >= 11 is 0. The lowest BCUT2D eigenvalue weighted by Crippen LogP contribution is -2.30. The maximum atomic E-state index is 12.9. The highest BCUT2D eigenvalue weighted by molar-refractivity contribution is 5.71. The minimum absolute atomic E-state index is 0.104. The molecule has 0 aliphatic heterocycles. The summed E-state index contributed by atoms with van der Waals surface area (Å²) in [5.74, 6) is -0.966. The Morgan fingerprint density at radius 2 is 0.482 bits per heavy atom. The zero-order valence-electron chi connectivity index (χ0n) is 53.7. The Kier molecular flexibility index (Phi) is 65.4. The maximum absolute atomic E-state index is 12.9. The van der Waals surface area contributed by atoms with Crippen LogP contribution < -0.4 is 0 Å². The maximum Gasteiger partial charge on any atom is 0.306 e. The van der Waals surface area contributed by atoms with E-state index < -0.39 is 6.10 Å². The summed E-state index contributed by atoms with van der Waals surface area (Å²) in [4.78, 5) is 38.2. The third kappa shape index (κ3) is 67.7. The van der Waals surface area contributed by atoms with Crippen LogP contribution in [-0.4, -0.2) is 37.2 Å². The van der Waals surface area contributed by atoms with Gasteiger partial charge in [-0.2, -0.15) is 0 Å². The van der Waals surface area contributed by atoms with Crippen LogP contribution in [0.4, 0.5) is 0 Å². The Hall–Kier alpha value is -4.97. The molecule has 0 aromatic heterocycles. The number of ether oxygens (including phenoxy) is 3. The largest absolute Gasteiger partial charge is 0.462 e. The molecule has 6 nitrogen and oxygen atoms in total. The second-order valence-corrected chi connectivity index (χ2v) is 22.0. The van der Waals surface area contributed by atoms with Crippen LogP contribution in [0.1, 0.15) is 290 Å². The van der Waals surface area contributed by atoms with Crippen LogP contribution in [0.5, 0.6) is 0 Å². The first-order valence-corrected chi connectivity index (χ1v) is 34.0. The summed E-state index contributed by atoms with van der Waals surface area (Å²) in [5.41, 5.74) is 0. The first kappa shape index (κ1) is 78.0. The highest BCUT2D eigenvalue weighted by Crippen LogP contribution is 2.16. The van der Waals surface area contributed by atoms with Crippen LogP contribution in [0.2, 0.25) is 0 Å². The number of carbonyl (C=O) groups is 3. The van der Waals surface area contributed by atoms with Crippen molar-refractivity contribution in [1.29, 1.82) is 0 Å². The third-order valence-corrected chi connectivity index (χ3v) is 14.0. The molecule has 0 spiro atoms. The van der Waals surface area contributed by atoms with Crippen molar-refractivity contribution in [3.05, 3.63) is 158 Å². The standard InChI is InChI=1S/C77H124O6/c1-4-7-10-13-16-19-21-23-25-27-29-31-33-34-35-36-37-38-39-40-41-42-44-45-47-49-51-53-55-58-61-64-67-70-76(79)82-73-74(72-81-75(78)69-66-63-60-57-18-15-12-9-6-3)83-77(80)71-68-65-62-59-56-54-52-50-48-46-43-32-30-28-26-24-22-20-17-14-11-8-5-2/h7-8,10-11,16-17,19-20,23-26,29-32,34-35,37-38,46,48,52,54,59,62,74H,4-6,9,12-15,18,21-22,27-28,33,36,39-45,47,49-51,53,55-58,60-61,63-73H2,1-3H3/b10-7-,11-8-,19-16-,20-17-,25-23-,26-24-,31-29-,32-30-,35-34-,38-37-,48-46-,54-52-,62-59-. The molecule has 0 bridgehead atoms. The lowest BCUT2D eigenvalue weighted by molar-refractivity contribution is -0.167. The van der Waals surface area contributed by atoms with E-state index in [2.05, 4.69) is 179 Å². The fourth-order valence-electron chi connectivity index (χ4n) is 9.02. The van der Waals surface area contributed by atoms with E-state index in [1.165, 1.54) is 116 Å². The highest BCUT2D eigenvalue weighted by Gasteiger charge is 2.19. The average Bonchev–Trinajstić information content (AvgIpc) is 3.49. The number of rotatable bonds is 60. The summed E-state index contributed by atoms with van der Waals surface area (Å²) in [5, 5.41) is 0. The van der Waals surface area contributed by atoms with E-state index in [0.29, 0.717) is 19.3 Å². The van der Waals surface area contributed by atoms with Gasteiger partial charge in [-0.1, -0.05) is 307 Å². The Balaban J connectivity index is 4.25. The van der Waals surface area contributed by atoms with Gasteiger partial charge in [0.25, 0.3) is 0 Å². The average molecular weight is 1150 g/mol. The van der Waals surface area contributed by atoms with E-state index in [1.807, 2.05) is 0 Å². The molecule has 0 N–H and O–H groups in total. The molecule has 1 atom stereocenters. The van der Waals surface area contributed by atoms with E-state index in [1.54, 1.807) is 0 Å². The Morgan fingerprint density at radius 1 is 0.253 bits per heavy atom. The molecule has 6 heteroatoms. The van der Waals surface area contributed by atoms with Crippen molar-refractivity contribution in [3.8, 4) is 0 Å². The van der Waals surface area contributed by atoms with Gasteiger partial charge in [-0.05, 0) is 122 Å². The van der Waals surface area contributed by atoms with Crippen LogP contribution in [0.3, 0.4) is 0 Å². The Labute approximate surface area is 511 Å². The van der Waals surface area contributed by atoms with Crippen LogP contribution >= 0.6 is 0 Å². The molecule has 1 unspecified atom stereocenters. The molecule has 0 rings (SSSR count). The summed E-state index contributed by atoms with van der Waals surface area (Å²) < 4.78 is 16.8. The topological polar surface area (TPSA) is 78.9 Å². The molecule has 0 aliphatic carbocycles. The molecular formula is C77H124O6. The van der Waals surface area contributed by atoms with Gasteiger partial charge in [0.05, 0.1) is 0 Å². The lowest BCUT2D eigenvalue weighted by atomic mass is 10.0. The molecule has 0 saturated carbocycles. The number of hydrogen-bond acceptors (Lipinski definition) is 6. The van der Waals surface area contributed by atoms with E-state index in [4.69, 9.17) is 14.2 Å². The van der Waals surface area contributed by atoms with E-state index >= 15 is 0 Å². The summed E-state index contributed by atoms with van der Waals surface area (Å²) in [6, 6.07) is 0. The summed E-state index contributed by atoms with van der Waals surface area (Å²) in [6.45, 7) is 6.35. The smallest absolute Gasteiger partial charge is 0.306 e. The molecule has 83 heavy (non-hydrogen) atoms. The zero-order chi connectivity index (χ0) is 59.9. The van der Waals surface area contributed by atoms with E-state index in [0.717, 1.165) is 128 Å². The van der Waals surface area contributed by atoms with Crippen molar-refractivity contribution in [2.75, 3.05) is 13.2 Å². The highest BCUT2D eigenvalue weighted by atomic mass is 16.6. The molecule has 0 fully saturated rings. The van der Waals surface area contributed by atoms with Crippen molar-refractivity contribution in [2.24, 2.45) is 0 Å². The van der Waals surface area contributed by atoms with Crippen molar-refractivity contribution >= 4 is 17.9 Å². The van der Waals surface area contributed by atoms with Crippen LogP contribution in [0.25, 0.3) is 0 Å². The van der Waals surface area contributed by atoms with Gasteiger partial charge in [0.1, 0.15) is 13.2 Å². The van der Waals surface area contributed by atoms with Crippen molar-refractivity contribution < 1.29 is 28.6 Å². The van der Waals surface area contributed by atoms with Gasteiger partial charge >= 0.3 is 17.9 Å². The molecule has 0 aromatic carbocycles. The minimum atomic E-state index is -0.813. The molecule has 0 saturated heterocycles. The van der Waals surface area contributed by atoms with Gasteiger partial charge in [-0.25, -0.2) is 0 Å². The van der Waals surface area contributed by atoms with Gasteiger partial charge < -0.3 is 14.2 Å². The number of allylic oxidation sites excluding steroid dienone is 26. The first-order valence-electron chi connectivity index (χ1n) is 34.0. The Morgan fingerprint density at radius 3 is 0.771 bits per heavy atom. The molecule has 468 valence electrons. The zero-order valence-corrected chi connectivity index (χ0v) is 53.7. The van der Waals surface area contributed by atoms with Crippen molar-refractivity contribution in [1.82, 2.24) is 0 Å². The summed E-state index contributed by atoms with van der Waals surface area (Å²) in [6.07, 6.45) is 101. The second kappa shape index (κ2) is 69.5. The Bertz CT molecular complexity index is 1840. The molecule has 0 aliphatic rings. The van der Waals surface area contributed by atoms with E-state index in [9.17, 15) is 14.4 Å². The SMILES string of the molecule is CC/C=C\C/C=C\C/C=C\C/C=C\C/C=C\C/C=C\C/C=C\CCCC(=O)OC(COC(=O)CCCCCCCCCCC)COC(=O)CCCCCCCCCCCCCCCC/C=C\C/C=C\C/C=C\C/C=C\C/C=C\C/C=C\CC. The van der Waals surface area contributed by atoms with Crippen LogP contribution in [0, 0.1) is 0 Å². The normalized spacial score (nSPS) is 13.1. The monoisotopic (exact) mass is 1140 g/mol. The van der Waals surface area contributed by atoms with Gasteiger partial charge in [-0.15, -0.1) is 0 Å².